The van der Waals surface area contributed by atoms with Gasteiger partial charge in [0, 0.05) is 5.38 Å². The van der Waals surface area contributed by atoms with E-state index in [0.29, 0.717) is 5.13 Å². The SMILES string of the molecule is CCCC(C)(CO)NC(=O)Nc1nc(CC)cs1. The molecule has 1 aromatic rings. The minimum atomic E-state index is -0.580. The molecule has 1 atom stereocenters. The molecule has 1 rings (SSSR count). The van der Waals surface area contributed by atoms with Crippen molar-refractivity contribution in [2.45, 2.75) is 45.6 Å². The number of rotatable bonds is 6. The van der Waals surface area contributed by atoms with Gasteiger partial charge in [-0.15, -0.1) is 11.3 Å². The van der Waals surface area contributed by atoms with Gasteiger partial charge in [-0.1, -0.05) is 20.3 Å². The van der Waals surface area contributed by atoms with Crippen molar-refractivity contribution >= 4 is 22.5 Å². The molecule has 0 saturated heterocycles. The average molecular weight is 271 g/mol. The summed E-state index contributed by atoms with van der Waals surface area (Å²) in [4.78, 5) is 16.0. The van der Waals surface area contributed by atoms with E-state index < -0.39 is 5.54 Å². The Morgan fingerprint density at radius 2 is 2.28 bits per heavy atom. The van der Waals surface area contributed by atoms with Crippen LogP contribution in [0.5, 0.6) is 0 Å². The van der Waals surface area contributed by atoms with Crippen LogP contribution in [-0.4, -0.2) is 28.3 Å². The molecule has 1 aromatic heterocycles. The van der Waals surface area contributed by atoms with E-state index >= 15 is 0 Å². The second-order valence-corrected chi connectivity index (χ2v) is 5.40. The molecule has 6 heteroatoms. The van der Waals surface area contributed by atoms with Crippen molar-refractivity contribution in [3.63, 3.8) is 0 Å². The van der Waals surface area contributed by atoms with E-state index in [-0.39, 0.29) is 12.6 Å². The Balaban J connectivity index is 2.55. The summed E-state index contributed by atoms with van der Waals surface area (Å²) in [5.74, 6) is 0. The van der Waals surface area contributed by atoms with Gasteiger partial charge in [0.2, 0.25) is 0 Å². The lowest BCUT2D eigenvalue weighted by molar-refractivity contribution is 0.167. The molecule has 0 aliphatic heterocycles. The zero-order valence-electron chi connectivity index (χ0n) is 11.1. The minimum absolute atomic E-state index is 0.0770. The van der Waals surface area contributed by atoms with Gasteiger partial charge >= 0.3 is 6.03 Å². The van der Waals surface area contributed by atoms with Crippen LogP contribution in [0.1, 0.15) is 39.3 Å². The fourth-order valence-electron chi connectivity index (χ4n) is 1.66. The molecule has 18 heavy (non-hydrogen) atoms. The number of urea groups is 1. The summed E-state index contributed by atoms with van der Waals surface area (Å²) in [6.07, 6.45) is 2.48. The van der Waals surface area contributed by atoms with Crippen LogP contribution < -0.4 is 10.6 Å². The van der Waals surface area contributed by atoms with Crippen molar-refractivity contribution in [1.82, 2.24) is 10.3 Å². The minimum Gasteiger partial charge on any atom is -0.394 e. The number of nitrogens with one attached hydrogen (secondary N) is 2. The third-order valence-electron chi connectivity index (χ3n) is 2.70. The predicted octanol–water partition coefficient (Wildman–Crippen LogP) is 2.38. The Hall–Kier alpha value is -1.14. The summed E-state index contributed by atoms with van der Waals surface area (Å²) in [6, 6.07) is -0.322. The molecule has 0 fully saturated rings. The van der Waals surface area contributed by atoms with Gasteiger partial charge in [0.05, 0.1) is 17.8 Å². The number of aryl methyl sites for hydroxylation is 1. The Bertz CT molecular complexity index is 394. The number of aliphatic hydroxyl groups is 1. The molecular weight excluding hydrogens is 250 g/mol. The molecule has 0 radical (unpaired) electrons. The van der Waals surface area contributed by atoms with Crippen molar-refractivity contribution in [1.29, 1.82) is 0 Å². The maximum atomic E-state index is 11.8. The molecule has 0 aliphatic rings. The molecule has 0 aromatic carbocycles. The normalized spacial score (nSPS) is 14.0. The number of aliphatic hydroxyl groups excluding tert-OH is 1. The van der Waals surface area contributed by atoms with E-state index in [1.54, 1.807) is 0 Å². The molecule has 2 amide bonds. The van der Waals surface area contributed by atoms with Gasteiger partial charge in [-0.3, -0.25) is 5.32 Å². The van der Waals surface area contributed by atoms with Crippen LogP contribution in [0, 0.1) is 0 Å². The van der Waals surface area contributed by atoms with Crippen LogP contribution in [0.2, 0.25) is 0 Å². The second-order valence-electron chi connectivity index (χ2n) is 4.55. The summed E-state index contributed by atoms with van der Waals surface area (Å²) in [5, 5.41) is 17.3. The summed E-state index contributed by atoms with van der Waals surface area (Å²) in [5.41, 5.74) is 0.387. The van der Waals surface area contributed by atoms with E-state index in [1.807, 2.05) is 26.2 Å². The van der Waals surface area contributed by atoms with Crippen molar-refractivity contribution in [3.8, 4) is 0 Å². The lowest BCUT2D eigenvalue weighted by Gasteiger charge is -2.28. The maximum absolute atomic E-state index is 11.8. The van der Waals surface area contributed by atoms with Gasteiger partial charge in [-0.2, -0.15) is 0 Å². The highest BCUT2D eigenvalue weighted by Crippen LogP contribution is 2.16. The van der Waals surface area contributed by atoms with Crippen molar-refractivity contribution < 1.29 is 9.90 Å². The largest absolute Gasteiger partial charge is 0.394 e. The van der Waals surface area contributed by atoms with Gasteiger partial charge in [-0.25, -0.2) is 9.78 Å². The van der Waals surface area contributed by atoms with Gasteiger partial charge in [0.1, 0.15) is 0 Å². The van der Waals surface area contributed by atoms with Crippen LogP contribution in [0.3, 0.4) is 0 Å². The lowest BCUT2D eigenvalue weighted by Crippen LogP contribution is -2.50. The second kappa shape index (κ2) is 6.70. The number of hydrogen-bond donors (Lipinski definition) is 3. The molecule has 3 N–H and O–H groups in total. The first-order chi connectivity index (χ1) is 8.53. The summed E-state index contributed by atoms with van der Waals surface area (Å²) in [6.45, 7) is 5.78. The summed E-state index contributed by atoms with van der Waals surface area (Å²) < 4.78 is 0. The zero-order valence-corrected chi connectivity index (χ0v) is 11.9. The van der Waals surface area contributed by atoms with Crippen molar-refractivity contribution in [2.24, 2.45) is 0 Å². The van der Waals surface area contributed by atoms with E-state index in [1.165, 1.54) is 11.3 Å². The highest BCUT2D eigenvalue weighted by atomic mass is 32.1. The number of hydrogen-bond acceptors (Lipinski definition) is 4. The quantitative estimate of drug-likeness (QED) is 0.743. The molecule has 0 bridgehead atoms. The van der Waals surface area contributed by atoms with Gasteiger partial charge in [-0.05, 0) is 19.8 Å². The number of aromatic nitrogens is 1. The van der Waals surface area contributed by atoms with Crippen molar-refractivity contribution in [3.05, 3.63) is 11.1 Å². The Kier molecular flexibility index (Phi) is 5.55. The third-order valence-corrected chi connectivity index (χ3v) is 3.51. The van der Waals surface area contributed by atoms with Gasteiger partial charge in [0.15, 0.2) is 5.13 Å². The highest BCUT2D eigenvalue weighted by Gasteiger charge is 2.24. The molecule has 5 nitrogen and oxygen atoms in total. The monoisotopic (exact) mass is 271 g/mol. The molecule has 0 spiro atoms. The molecule has 1 unspecified atom stereocenters. The zero-order chi connectivity index (χ0) is 13.6. The fourth-order valence-corrected chi connectivity index (χ4v) is 2.45. The molecule has 1 heterocycles. The maximum Gasteiger partial charge on any atom is 0.321 e. The van der Waals surface area contributed by atoms with Crippen LogP contribution in [-0.2, 0) is 6.42 Å². The Morgan fingerprint density at radius 1 is 1.56 bits per heavy atom. The first kappa shape index (κ1) is 14.9. The number of carbonyl (C=O) groups is 1. The van der Waals surface area contributed by atoms with Crippen LogP contribution in [0.15, 0.2) is 5.38 Å². The van der Waals surface area contributed by atoms with Crippen LogP contribution in [0.25, 0.3) is 0 Å². The summed E-state index contributed by atoms with van der Waals surface area (Å²) in [7, 11) is 0. The fraction of sp³-hybridized carbons (Fsp3) is 0.667. The highest BCUT2D eigenvalue weighted by molar-refractivity contribution is 7.13. The predicted molar refractivity (Wildman–Crippen MR) is 74.0 cm³/mol. The van der Waals surface area contributed by atoms with E-state index in [4.69, 9.17) is 0 Å². The smallest absolute Gasteiger partial charge is 0.321 e. The van der Waals surface area contributed by atoms with Gasteiger partial charge in [0.25, 0.3) is 0 Å². The molecular formula is C12H21N3O2S. The molecule has 0 saturated carbocycles. The third kappa shape index (κ3) is 4.27. The average Bonchev–Trinajstić information content (AvgIpc) is 2.76. The number of anilines is 1. The number of thiazole rings is 1. The first-order valence-electron chi connectivity index (χ1n) is 6.17. The van der Waals surface area contributed by atoms with E-state index in [2.05, 4.69) is 15.6 Å². The van der Waals surface area contributed by atoms with Gasteiger partial charge < -0.3 is 10.4 Å². The Morgan fingerprint density at radius 3 is 2.78 bits per heavy atom. The number of amides is 2. The van der Waals surface area contributed by atoms with Crippen LogP contribution >= 0.6 is 11.3 Å². The molecule has 0 aliphatic carbocycles. The first-order valence-corrected chi connectivity index (χ1v) is 7.05. The topological polar surface area (TPSA) is 74.2 Å². The lowest BCUT2D eigenvalue weighted by atomic mass is 9.98. The summed E-state index contributed by atoms with van der Waals surface area (Å²) >= 11 is 1.40. The van der Waals surface area contributed by atoms with Crippen molar-refractivity contribution in [2.75, 3.05) is 11.9 Å². The standard InChI is InChI=1S/C12H21N3O2S/c1-4-6-12(3,8-16)15-10(17)14-11-13-9(5-2)7-18-11/h7,16H,4-6,8H2,1-3H3,(H2,13,14,15,17). The Labute approximate surface area is 112 Å². The number of nitrogens with zero attached hydrogens (tertiary/aromatic N) is 1. The van der Waals surface area contributed by atoms with Crippen LogP contribution in [0.4, 0.5) is 9.93 Å². The number of carbonyl (C=O) groups excluding carboxylic acids is 1. The van der Waals surface area contributed by atoms with E-state index in [9.17, 15) is 9.90 Å². The molecule has 102 valence electrons. The van der Waals surface area contributed by atoms with E-state index in [0.717, 1.165) is 25.0 Å².